The molecule has 128 valence electrons. The smallest absolute Gasteiger partial charge is 0.0166 e. The molecule has 2 aliphatic rings. The summed E-state index contributed by atoms with van der Waals surface area (Å²) in [6, 6.07) is 11.6. The Kier molecular flexibility index (Phi) is 10.0. The van der Waals surface area contributed by atoms with Crippen LogP contribution in [0.5, 0.6) is 0 Å². The quantitative estimate of drug-likeness (QED) is 0.349. The standard InChI is InChI=1S/C18H27P.2ClH.Pd/c1-4-10-16(11-5-1)19(17-12-6-2-7-13-17)18-14-8-3-9-15-18;;;/h1,4-5,10-11,17-18H,2-3,6-9,12-15H2;2*1H;/q;;;+2/p-2. The van der Waals surface area contributed by atoms with Gasteiger partial charge in [-0.15, -0.1) is 0 Å². The zero-order chi connectivity index (χ0) is 15.6. The van der Waals surface area contributed by atoms with Crippen LogP contribution in [0.3, 0.4) is 0 Å². The molecule has 0 amide bonds. The molecule has 4 heteroatoms. The molecule has 0 aromatic heterocycles. The minimum Gasteiger partial charge on any atom is -0.0690 e. The molecule has 1 aromatic rings. The molecule has 1 aromatic carbocycles. The molecule has 0 unspecified atom stereocenters. The van der Waals surface area contributed by atoms with Crippen molar-refractivity contribution in [3.05, 3.63) is 30.3 Å². The van der Waals surface area contributed by atoms with Crippen molar-refractivity contribution in [3.8, 4) is 0 Å². The first-order valence-electron chi connectivity index (χ1n) is 8.52. The molecule has 0 nitrogen and oxygen atoms in total. The summed E-state index contributed by atoms with van der Waals surface area (Å²) in [5, 5.41) is 1.70. The van der Waals surface area contributed by atoms with E-state index in [0.29, 0.717) is 0 Å². The molecule has 2 fully saturated rings. The van der Waals surface area contributed by atoms with Gasteiger partial charge >= 0.3 is 35.0 Å². The van der Waals surface area contributed by atoms with Gasteiger partial charge in [-0.1, -0.05) is 76.8 Å². The van der Waals surface area contributed by atoms with E-state index in [1.165, 1.54) is 64.2 Å². The van der Waals surface area contributed by atoms with E-state index in [-0.39, 0.29) is 23.9 Å². The van der Waals surface area contributed by atoms with Crippen LogP contribution in [0.2, 0.25) is 0 Å². The maximum atomic E-state index is 4.81. The molecule has 0 radical (unpaired) electrons. The fourth-order valence-electron chi connectivity index (χ4n) is 4.04. The van der Waals surface area contributed by atoms with Crippen molar-refractivity contribution in [2.24, 2.45) is 0 Å². The van der Waals surface area contributed by atoms with E-state index in [4.69, 9.17) is 19.1 Å². The van der Waals surface area contributed by atoms with Crippen LogP contribution in [-0.2, 0) is 15.9 Å². The first-order valence-corrected chi connectivity index (χ1v) is 14.0. The molecule has 0 saturated heterocycles. The Bertz CT molecular complexity index is 371. The molecule has 0 bridgehead atoms. The fourth-order valence-corrected chi connectivity index (χ4v) is 7.84. The number of benzene rings is 1. The van der Waals surface area contributed by atoms with E-state index in [9.17, 15) is 0 Å². The van der Waals surface area contributed by atoms with Crippen molar-refractivity contribution in [1.82, 2.24) is 0 Å². The SMILES string of the molecule is [Cl][Pd][Cl].c1ccc(P(C2CCCCC2)C2CCCCC2)cc1. The molecule has 0 atom stereocenters. The van der Waals surface area contributed by atoms with Crippen LogP contribution in [0.1, 0.15) is 64.2 Å². The average molecular weight is 452 g/mol. The van der Waals surface area contributed by atoms with Gasteiger partial charge in [0.2, 0.25) is 0 Å². The molecular formula is C18H27Cl2PPd. The molecule has 3 rings (SSSR count). The van der Waals surface area contributed by atoms with E-state index in [2.05, 4.69) is 30.3 Å². The molecule has 0 spiro atoms. The van der Waals surface area contributed by atoms with Gasteiger partial charge in [-0.05, 0) is 42.3 Å². The van der Waals surface area contributed by atoms with Crippen LogP contribution >= 0.6 is 27.0 Å². The Labute approximate surface area is 153 Å². The van der Waals surface area contributed by atoms with Crippen molar-refractivity contribution in [3.63, 3.8) is 0 Å². The van der Waals surface area contributed by atoms with Crippen LogP contribution in [0.4, 0.5) is 0 Å². The van der Waals surface area contributed by atoms with Gasteiger partial charge < -0.3 is 0 Å². The minimum atomic E-state index is -0.106. The number of rotatable bonds is 3. The van der Waals surface area contributed by atoms with Gasteiger partial charge in [-0.3, -0.25) is 0 Å². The summed E-state index contributed by atoms with van der Waals surface area (Å²) in [4.78, 5) is 0. The predicted molar refractivity (Wildman–Crippen MR) is 98.4 cm³/mol. The maximum Gasteiger partial charge on any atom is -0.0166 e. The first-order chi connectivity index (χ1) is 10.9. The molecule has 0 aliphatic heterocycles. The van der Waals surface area contributed by atoms with Gasteiger partial charge in [-0.25, -0.2) is 0 Å². The molecule has 22 heavy (non-hydrogen) atoms. The average Bonchev–Trinajstić information content (AvgIpc) is 2.59. The van der Waals surface area contributed by atoms with Crippen LogP contribution < -0.4 is 5.30 Å². The van der Waals surface area contributed by atoms with Gasteiger partial charge in [0.1, 0.15) is 0 Å². The van der Waals surface area contributed by atoms with Crippen LogP contribution in [-0.4, -0.2) is 11.3 Å². The molecule has 0 N–H and O–H groups in total. The van der Waals surface area contributed by atoms with Gasteiger partial charge in [0, 0.05) is 0 Å². The van der Waals surface area contributed by atoms with Gasteiger partial charge in [0.05, 0.1) is 0 Å². The van der Waals surface area contributed by atoms with E-state index in [0.717, 1.165) is 11.3 Å². The number of halogens is 2. The number of hydrogen-bond donors (Lipinski definition) is 0. The van der Waals surface area contributed by atoms with E-state index in [1.807, 2.05) is 0 Å². The summed E-state index contributed by atoms with van der Waals surface area (Å²) >= 11 is -0.106. The third kappa shape index (κ3) is 6.07. The second-order valence-electron chi connectivity index (χ2n) is 6.37. The molecule has 0 heterocycles. The van der Waals surface area contributed by atoms with Crippen molar-refractivity contribution in [1.29, 1.82) is 0 Å². The first kappa shape index (κ1) is 19.2. The summed E-state index contributed by atoms with van der Waals surface area (Å²) in [5.74, 6) is 0. The van der Waals surface area contributed by atoms with Gasteiger partial charge in [-0.2, -0.15) is 0 Å². The Morgan fingerprint density at radius 3 is 1.55 bits per heavy atom. The molecular weight excluding hydrogens is 424 g/mol. The van der Waals surface area contributed by atoms with E-state index >= 15 is 0 Å². The minimum absolute atomic E-state index is 0.106. The summed E-state index contributed by atoms with van der Waals surface area (Å²) in [6.07, 6.45) is 15.0. The summed E-state index contributed by atoms with van der Waals surface area (Å²) in [7, 11) is 9.74. The Morgan fingerprint density at radius 1 is 0.727 bits per heavy atom. The second-order valence-corrected chi connectivity index (χ2v) is 11.5. The van der Waals surface area contributed by atoms with Crippen LogP contribution in [0, 0.1) is 0 Å². The zero-order valence-corrected chi connectivity index (χ0v) is 17.1. The predicted octanol–water partition coefficient (Wildman–Crippen LogP) is 6.84. The second kappa shape index (κ2) is 11.4. The largest absolute Gasteiger partial charge is 0.0690 e. The Hall–Kier alpha value is 0.892. The van der Waals surface area contributed by atoms with E-state index < -0.39 is 0 Å². The van der Waals surface area contributed by atoms with Gasteiger partial charge in [0.25, 0.3) is 0 Å². The van der Waals surface area contributed by atoms with Crippen molar-refractivity contribution in [2.45, 2.75) is 75.5 Å². The van der Waals surface area contributed by atoms with Crippen molar-refractivity contribution in [2.75, 3.05) is 0 Å². The third-order valence-corrected chi connectivity index (χ3v) is 8.49. The van der Waals surface area contributed by atoms with Crippen molar-refractivity contribution >= 4 is 32.3 Å². The molecule has 2 saturated carbocycles. The number of hydrogen-bond acceptors (Lipinski definition) is 0. The summed E-state index contributed by atoms with van der Waals surface area (Å²) in [5.41, 5.74) is 2.07. The van der Waals surface area contributed by atoms with Crippen LogP contribution in [0.25, 0.3) is 0 Å². The molecule has 2 aliphatic carbocycles. The summed E-state index contributed by atoms with van der Waals surface area (Å²) in [6.45, 7) is 0. The van der Waals surface area contributed by atoms with Crippen molar-refractivity contribution < 1.29 is 15.9 Å². The van der Waals surface area contributed by atoms with Gasteiger partial charge in [0.15, 0.2) is 0 Å². The Balaban J connectivity index is 0.000000545. The third-order valence-electron chi connectivity index (χ3n) is 4.99. The maximum absolute atomic E-state index is 4.81. The van der Waals surface area contributed by atoms with Crippen LogP contribution in [0.15, 0.2) is 30.3 Å². The summed E-state index contributed by atoms with van der Waals surface area (Å²) < 4.78 is 0. The monoisotopic (exact) mass is 450 g/mol. The fraction of sp³-hybridized carbons (Fsp3) is 0.667. The Morgan fingerprint density at radius 2 is 1.14 bits per heavy atom. The zero-order valence-electron chi connectivity index (χ0n) is 13.1. The van der Waals surface area contributed by atoms with E-state index in [1.54, 1.807) is 5.30 Å². The topological polar surface area (TPSA) is 0 Å². The normalized spacial score (nSPS) is 20.7.